The Morgan fingerprint density at radius 2 is 1.79 bits per heavy atom. The molecule has 2 rings (SSSR count). The van der Waals surface area contributed by atoms with Crippen LogP contribution in [-0.2, 0) is 6.54 Å². The van der Waals surface area contributed by atoms with Gasteiger partial charge in [0.1, 0.15) is 5.82 Å². The van der Waals surface area contributed by atoms with Gasteiger partial charge in [-0.3, -0.25) is 0 Å². The highest BCUT2D eigenvalue weighted by atomic mass is 32.2. The van der Waals surface area contributed by atoms with E-state index in [1.807, 2.05) is 6.07 Å². The molecule has 100 valence electrons. The quantitative estimate of drug-likeness (QED) is 0.794. The van der Waals surface area contributed by atoms with Gasteiger partial charge in [-0.15, -0.1) is 0 Å². The van der Waals surface area contributed by atoms with Gasteiger partial charge in [-0.1, -0.05) is 23.9 Å². The van der Waals surface area contributed by atoms with Crippen molar-refractivity contribution in [2.45, 2.75) is 17.2 Å². The summed E-state index contributed by atoms with van der Waals surface area (Å²) in [6.07, 6.45) is 0. The van der Waals surface area contributed by atoms with Gasteiger partial charge in [-0.05, 0) is 42.0 Å². The highest BCUT2D eigenvalue weighted by Gasteiger charge is 2.04. The molecule has 1 N–H and O–H groups in total. The number of benzene rings is 2. The van der Waals surface area contributed by atoms with Gasteiger partial charge in [-0.25, -0.2) is 4.39 Å². The maximum atomic E-state index is 13.0. The standard InChI is InChI=1S/C14H12F3NS/c15-11-3-1-2-10(8-11)9-18-12-4-6-13(7-5-12)19-14(16)17/h1-8,14,18H,9H2. The summed E-state index contributed by atoms with van der Waals surface area (Å²) in [7, 11) is 0. The maximum absolute atomic E-state index is 13.0. The SMILES string of the molecule is Fc1cccc(CNc2ccc(SC(F)F)cc2)c1. The van der Waals surface area contributed by atoms with E-state index >= 15 is 0 Å². The lowest BCUT2D eigenvalue weighted by atomic mass is 10.2. The van der Waals surface area contributed by atoms with Crippen LogP contribution >= 0.6 is 11.8 Å². The Hall–Kier alpha value is -1.62. The molecule has 0 aliphatic carbocycles. The van der Waals surface area contributed by atoms with Crippen LogP contribution in [-0.4, -0.2) is 5.76 Å². The van der Waals surface area contributed by atoms with Crippen LogP contribution in [0.3, 0.4) is 0 Å². The molecule has 0 heterocycles. The largest absolute Gasteiger partial charge is 0.381 e. The van der Waals surface area contributed by atoms with Crippen molar-refractivity contribution in [1.82, 2.24) is 0 Å². The van der Waals surface area contributed by atoms with Crippen LogP contribution in [0.25, 0.3) is 0 Å². The minimum absolute atomic E-state index is 0.275. The van der Waals surface area contributed by atoms with E-state index in [4.69, 9.17) is 0 Å². The first kappa shape index (κ1) is 13.8. The minimum atomic E-state index is -2.41. The Bertz CT molecular complexity index is 528. The summed E-state index contributed by atoms with van der Waals surface area (Å²) in [5.74, 6) is -2.69. The van der Waals surface area contributed by atoms with Gasteiger partial charge in [0.15, 0.2) is 0 Å². The van der Waals surface area contributed by atoms with Crippen LogP contribution in [0.4, 0.5) is 18.9 Å². The van der Waals surface area contributed by atoms with E-state index in [0.717, 1.165) is 11.3 Å². The number of rotatable bonds is 5. The summed E-state index contributed by atoms with van der Waals surface area (Å²) < 4.78 is 37.2. The summed E-state index contributed by atoms with van der Waals surface area (Å²) in [4.78, 5) is 0.520. The number of anilines is 1. The van der Waals surface area contributed by atoms with Crippen LogP contribution in [0.5, 0.6) is 0 Å². The first-order valence-corrected chi connectivity index (χ1v) is 6.54. The minimum Gasteiger partial charge on any atom is -0.381 e. The maximum Gasteiger partial charge on any atom is 0.288 e. The highest BCUT2D eigenvalue weighted by Crippen LogP contribution is 2.26. The third-order valence-corrected chi connectivity index (χ3v) is 3.19. The average Bonchev–Trinajstić information content (AvgIpc) is 2.37. The first-order valence-electron chi connectivity index (χ1n) is 5.67. The van der Waals surface area contributed by atoms with Crippen molar-refractivity contribution in [3.05, 3.63) is 59.9 Å². The molecular formula is C14H12F3NS. The predicted octanol–water partition coefficient (Wildman–Crippen LogP) is 4.75. The van der Waals surface area contributed by atoms with Gasteiger partial charge < -0.3 is 5.32 Å². The van der Waals surface area contributed by atoms with Gasteiger partial charge in [0.2, 0.25) is 0 Å². The first-order chi connectivity index (χ1) is 9.13. The second-order valence-electron chi connectivity index (χ2n) is 3.89. The second kappa shape index (κ2) is 6.52. The van der Waals surface area contributed by atoms with Gasteiger partial charge in [0.05, 0.1) is 0 Å². The van der Waals surface area contributed by atoms with Crippen molar-refractivity contribution in [2.24, 2.45) is 0 Å². The van der Waals surface area contributed by atoms with Crippen molar-refractivity contribution >= 4 is 17.4 Å². The summed E-state index contributed by atoms with van der Waals surface area (Å²) in [5, 5.41) is 3.11. The van der Waals surface area contributed by atoms with E-state index < -0.39 is 5.76 Å². The molecule has 2 aromatic carbocycles. The zero-order valence-electron chi connectivity index (χ0n) is 9.95. The number of hydrogen-bond acceptors (Lipinski definition) is 2. The Kier molecular flexibility index (Phi) is 4.74. The Balaban J connectivity index is 1.93. The zero-order valence-corrected chi connectivity index (χ0v) is 10.8. The molecule has 0 saturated carbocycles. The molecule has 2 aromatic rings. The molecule has 0 aliphatic rings. The molecule has 0 unspecified atom stereocenters. The molecule has 0 aromatic heterocycles. The predicted molar refractivity (Wildman–Crippen MR) is 72.0 cm³/mol. The van der Waals surface area contributed by atoms with Crippen LogP contribution in [0.15, 0.2) is 53.4 Å². The topological polar surface area (TPSA) is 12.0 Å². The van der Waals surface area contributed by atoms with Gasteiger partial charge in [0.25, 0.3) is 5.76 Å². The molecule has 0 aliphatic heterocycles. The fraction of sp³-hybridized carbons (Fsp3) is 0.143. The normalized spacial score (nSPS) is 10.7. The van der Waals surface area contributed by atoms with Crippen molar-refractivity contribution in [3.63, 3.8) is 0 Å². The Morgan fingerprint density at radius 1 is 1.05 bits per heavy atom. The van der Waals surface area contributed by atoms with E-state index in [1.165, 1.54) is 12.1 Å². The molecular weight excluding hydrogens is 271 g/mol. The molecule has 0 amide bonds. The van der Waals surface area contributed by atoms with Crippen molar-refractivity contribution < 1.29 is 13.2 Å². The molecule has 0 radical (unpaired) electrons. The number of nitrogens with one attached hydrogen (secondary N) is 1. The highest BCUT2D eigenvalue weighted by molar-refractivity contribution is 7.99. The lowest BCUT2D eigenvalue weighted by Crippen LogP contribution is -1.99. The van der Waals surface area contributed by atoms with Crippen LogP contribution in [0.2, 0.25) is 0 Å². The zero-order chi connectivity index (χ0) is 13.7. The fourth-order valence-electron chi connectivity index (χ4n) is 1.61. The van der Waals surface area contributed by atoms with E-state index in [1.54, 1.807) is 30.3 Å². The van der Waals surface area contributed by atoms with E-state index in [2.05, 4.69) is 5.32 Å². The van der Waals surface area contributed by atoms with E-state index in [-0.39, 0.29) is 5.82 Å². The summed E-state index contributed by atoms with van der Waals surface area (Å²) >= 11 is 0.513. The molecule has 0 saturated heterocycles. The molecule has 5 heteroatoms. The molecule has 0 atom stereocenters. The van der Waals surface area contributed by atoms with Gasteiger partial charge in [-0.2, -0.15) is 8.78 Å². The lowest BCUT2D eigenvalue weighted by Gasteiger charge is -2.07. The van der Waals surface area contributed by atoms with E-state index in [0.29, 0.717) is 23.2 Å². The Morgan fingerprint density at radius 3 is 2.42 bits per heavy atom. The Labute approximate surface area is 113 Å². The second-order valence-corrected chi connectivity index (χ2v) is 4.95. The molecule has 0 spiro atoms. The fourth-order valence-corrected chi connectivity index (χ4v) is 2.10. The number of halogens is 3. The number of thioether (sulfide) groups is 1. The molecule has 0 fully saturated rings. The van der Waals surface area contributed by atoms with Crippen molar-refractivity contribution in [1.29, 1.82) is 0 Å². The van der Waals surface area contributed by atoms with Crippen LogP contribution in [0, 0.1) is 5.82 Å². The van der Waals surface area contributed by atoms with Gasteiger partial charge >= 0.3 is 0 Å². The monoisotopic (exact) mass is 283 g/mol. The van der Waals surface area contributed by atoms with Crippen molar-refractivity contribution in [3.8, 4) is 0 Å². The summed E-state index contributed by atoms with van der Waals surface area (Å²) in [5.41, 5.74) is 1.63. The van der Waals surface area contributed by atoms with Crippen LogP contribution < -0.4 is 5.32 Å². The van der Waals surface area contributed by atoms with Crippen LogP contribution in [0.1, 0.15) is 5.56 Å². The number of alkyl halides is 2. The van der Waals surface area contributed by atoms with Gasteiger partial charge in [0, 0.05) is 17.1 Å². The molecule has 19 heavy (non-hydrogen) atoms. The molecule has 0 bridgehead atoms. The average molecular weight is 283 g/mol. The third kappa shape index (κ3) is 4.52. The number of hydrogen-bond donors (Lipinski definition) is 1. The van der Waals surface area contributed by atoms with E-state index in [9.17, 15) is 13.2 Å². The lowest BCUT2D eigenvalue weighted by molar-refractivity contribution is 0.252. The third-order valence-electron chi connectivity index (χ3n) is 2.47. The summed E-state index contributed by atoms with van der Waals surface area (Å²) in [6.45, 7) is 0.485. The summed E-state index contributed by atoms with van der Waals surface area (Å²) in [6, 6.07) is 13.0. The van der Waals surface area contributed by atoms with Crippen molar-refractivity contribution in [2.75, 3.05) is 5.32 Å². The molecule has 1 nitrogen and oxygen atoms in total. The smallest absolute Gasteiger partial charge is 0.288 e.